The molecule has 3 rings (SSSR count). The van der Waals surface area contributed by atoms with E-state index in [1.54, 1.807) is 23.6 Å². The quantitative estimate of drug-likeness (QED) is 0.876. The Kier molecular flexibility index (Phi) is 3.62. The maximum Gasteiger partial charge on any atom is 0.358 e. The number of hydrogen-bond donors (Lipinski definition) is 1. The summed E-state index contributed by atoms with van der Waals surface area (Å²) in [7, 11) is 0. The van der Waals surface area contributed by atoms with Gasteiger partial charge in [-0.3, -0.25) is 4.79 Å². The summed E-state index contributed by atoms with van der Waals surface area (Å²) >= 11 is 0. The summed E-state index contributed by atoms with van der Waals surface area (Å²) in [4.78, 5) is 27.8. The van der Waals surface area contributed by atoms with Gasteiger partial charge in [0, 0.05) is 12.7 Å². The van der Waals surface area contributed by atoms with E-state index in [0.717, 1.165) is 5.56 Å². The predicted octanol–water partition coefficient (Wildman–Crippen LogP) is 1.68. The van der Waals surface area contributed by atoms with Crippen LogP contribution in [0.15, 0.2) is 30.5 Å². The molecule has 114 valence electrons. The van der Waals surface area contributed by atoms with Gasteiger partial charge in [-0.1, -0.05) is 12.1 Å². The molecule has 0 saturated heterocycles. The summed E-state index contributed by atoms with van der Waals surface area (Å²) in [5, 5.41) is 2.80. The molecule has 1 N–H and O–H groups in total. The van der Waals surface area contributed by atoms with E-state index in [4.69, 9.17) is 4.74 Å². The maximum absolute atomic E-state index is 13.0. The Labute approximate surface area is 125 Å². The van der Waals surface area contributed by atoms with Gasteiger partial charge in [0.05, 0.1) is 12.6 Å². The number of fused-ring (bicyclic) bond motifs is 1. The molecule has 1 aliphatic rings. The Bertz CT molecular complexity index is 724. The maximum atomic E-state index is 13.0. The Morgan fingerprint density at radius 2 is 2.18 bits per heavy atom. The van der Waals surface area contributed by atoms with E-state index in [0.29, 0.717) is 6.54 Å². The van der Waals surface area contributed by atoms with Crippen LogP contribution >= 0.6 is 0 Å². The minimum atomic E-state index is -0.560. The number of imidazole rings is 1. The minimum Gasteiger partial charge on any atom is -0.461 e. The van der Waals surface area contributed by atoms with Crippen LogP contribution in [0, 0.1) is 5.82 Å². The molecule has 0 saturated carbocycles. The fraction of sp³-hybridized carbons (Fsp3) is 0.267. The number of ether oxygens (including phenoxy) is 1. The lowest BCUT2D eigenvalue weighted by Gasteiger charge is -2.25. The van der Waals surface area contributed by atoms with Gasteiger partial charge in [-0.25, -0.2) is 14.2 Å². The fourth-order valence-electron chi connectivity index (χ4n) is 2.39. The molecule has 1 aromatic carbocycles. The van der Waals surface area contributed by atoms with Crippen molar-refractivity contribution in [3.8, 4) is 0 Å². The Morgan fingerprint density at radius 3 is 2.86 bits per heavy atom. The minimum absolute atomic E-state index is 0.103. The highest BCUT2D eigenvalue weighted by Gasteiger charge is 2.28. The van der Waals surface area contributed by atoms with Crippen molar-refractivity contribution in [1.29, 1.82) is 0 Å². The van der Waals surface area contributed by atoms with Gasteiger partial charge in [0.15, 0.2) is 11.5 Å². The first-order valence-electron chi connectivity index (χ1n) is 6.89. The van der Waals surface area contributed by atoms with Crippen LogP contribution in [-0.2, 0) is 11.3 Å². The fourth-order valence-corrected chi connectivity index (χ4v) is 2.39. The third-order valence-corrected chi connectivity index (χ3v) is 3.42. The van der Waals surface area contributed by atoms with Gasteiger partial charge in [0.25, 0.3) is 5.91 Å². The topological polar surface area (TPSA) is 73.2 Å². The third-order valence-electron chi connectivity index (χ3n) is 3.42. The predicted molar refractivity (Wildman–Crippen MR) is 74.8 cm³/mol. The second-order valence-corrected chi connectivity index (χ2v) is 4.90. The molecule has 0 radical (unpaired) electrons. The molecule has 0 bridgehead atoms. The van der Waals surface area contributed by atoms with E-state index in [1.807, 2.05) is 0 Å². The summed E-state index contributed by atoms with van der Waals surface area (Å²) in [6, 6.07) is 5.62. The Morgan fingerprint density at radius 1 is 1.45 bits per heavy atom. The largest absolute Gasteiger partial charge is 0.461 e. The van der Waals surface area contributed by atoms with Crippen molar-refractivity contribution in [2.45, 2.75) is 19.5 Å². The van der Waals surface area contributed by atoms with Crippen LogP contribution in [0.3, 0.4) is 0 Å². The molecule has 1 aliphatic heterocycles. The summed E-state index contributed by atoms with van der Waals surface area (Å²) in [5.74, 6) is -1.10. The molecule has 0 spiro atoms. The van der Waals surface area contributed by atoms with Gasteiger partial charge in [-0.05, 0) is 24.6 Å². The zero-order valence-electron chi connectivity index (χ0n) is 11.9. The summed E-state index contributed by atoms with van der Waals surface area (Å²) in [6.07, 6.45) is 1.50. The van der Waals surface area contributed by atoms with Crippen molar-refractivity contribution >= 4 is 11.9 Å². The molecule has 1 aromatic heterocycles. The molecule has 22 heavy (non-hydrogen) atoms. The number of carbonyl (C=O) groups excluding carboxylic acids is 2. The zero-order chi connectivity index (χ0) is 15.7. The number of aromatic nitrogens is 2. The van der Waals surface area contributed by atoms with Crippen LogP contribution in [-0.4, -0.2) is 28.0 Å². The highest BCUT2D eigenvalue weighted by Crippen LogP contribution is 2.22. The molecule has 7 heteroatoms. The Balaban J connectivity index is 1.87. The Hall–Kier alpha value is -2.70. The SMILES string of the molecule is CCOC(=O)c1cn2c(n1)C(=O)N[C@@H](c1ccc(F)cc1)C2. The standard InChI is InChI=1S/C15H14FN3O3/c1-2-22-15(21)12-8-19-7-11(18-14(20)13(19)17-12)9-3-5-10(16)6-4-9/h3-6,8,11H,2,7H2,1H3,(H,18,20)/t11-/m1/s1. The second kappa shape index (κ2) is 5.59. The van der Waals surface area contributed by atoms with E-state index >= 15 is 0 Å². The van der Waals surface area contributed by atoms with Gasteiger partial charge in [0.2, 0.25) is 0 Å². The first-order chi connectivity index (χ1) is 10.6. The molecular weight excluding hydrogens is 289 g/mol. The normalized spacial score (nSPS) is 16.8. The van der Waals surface area contributed by atoms with Gasteiger partial charge in [-0.2, -0.15) is 0 Å². The number of nitrogens with one attached hydrogen (secondary N) is 1. The van der Waals surface area contributed by atoms with Crippen LogP contribution in [0.2, 0.25) is 0 Å². The summed E-state index contributed by atoms with van der Waals surface area (Å²) in [5.41, 5.74) is 0.888. The van der Waals surface area contributed by atoms with Gasteiger partial charge in [-0.15, -0.1) is 0 Å². The van der Waals surface area contributed by atoms with E-state index in [2.05, 4.69) is 10.3 Å². The average Bonchev–Trinajstić information content (AvgIpc) is 2.93. The van der Waals surface area contributed by atoms with E-state index in [-0.39, 0.29) is 35.9 Å². The van der Waals surface area contributed by atoms with Crippen molar-refractivity contribution in [1.82, 2.24) is 14.9 Å². The monoisotopic (exact) mass is 303 g/mol. The highest BCUT2D eigenvalue weighted by molar-refractivity contribution is 5.94. The lowest BCUT2D eigenvalue weighted by atomic mass is 10.1. The average molecular weight is 303 g/mol. The summed E-state index contributed by atoms with van der Waals surface area (Å²) in [6.45, 7) is 2.36. The molecule has 2 heterocycles. The highest BCUT2D eigenvalue weighted by atomic mass is 19.1. The van der Waals surface area contributed by atoms with Gasteiger partial charge >= 0.3 is 5.97 Å². The molecular formula is C15H14FN3O3. The van der Waals surface area contributed by atoms with Crippen molar-refractivity contribution in [2.75, 3.05) is 6.61 Å². The van der Waals surface area contributed by atoms with E-state index in [1.165, 1.54) is 18.3 Å². The van der Waals surface area contributed by atoms with Crippen LogP contribution in [0.4, 0.5) is 4.39 Å². The van der Waals surface area contributed by atoms with Crippen LogP contribution in [0.25, 0.3) is 0 Å². The molecule has 0 unspecified atom stereocenters. The van der Waals surface area contributed by atoms with Crippen LogP contribution in [0.5, 0.6) is 0 Å². The molecule has 1 amide bonds. The molecule has 2 aromatic rings. The van der Waals surface area contributed by atoms with Crippen molar-refractivity contribution in [3.63, 3.8) is 0 Å². The molecule has 1 atom stereocenters. The number of amides is 1. The number of nitrogens with zero attached hydrogens (tertiary/aromatic N) is 2. The van der Waals surface area contributed by atoms with E-state index < -0.39 is 5.97 Å². The number of carbonyl (C=O) groups is 2. The van der Waals surface area contributed by atoms with Gasteiger partial charge < -0.3 is 14.6 Å². The molecule has 6 nitrogen and oxygen atoms in total. The van der Waals surface area contributed by atoms with Crippen molar-refractivity contribution < 1.29 is 18.7 Å². The third kappa shape index (κ3) is 2.57. The number of halogens is 1. The van der Waals surface area contributed by atoms with Crippen molar-refractivity contribution in [2.24, 2.45) is 0 Å². The molecule has 0 aliphatic carbocycles. The smallest absolute Gasteiger partial charge is 0.358 e. The first-order valence-corrected chi connectivity index (χ1v) is 6.89. The van der Waals surface area contributed by atoms with Crippen LogP contribution < -0.4 is 5.32 Å². The number of rotatable bonds is 3. The van der Waals surface area contributed by atoms with Crippen molar-refractivity contribution in [3.05, 3.63) is 53.4 Å². The lowest BCUT2D eigenvalue weighted by molar-refractivity contribution is 0.0520. The summed E-state index contributed by atoms with van der Waals surface area (Å²) < 4.78 is 19.5. The first kappa shape index (κ1) is 14.2. The van der Waals surface area contributed by atoms with Crippen LogP contribution in [0.1, 0.15) is 39.6 Å². The zero-order valence-corrected chi connectivity index (χ0v) is 11.9. The molecule has 0 fully saturated rings. The second-order valence-electron chi connectivity index (χ2n) is 4.90. The van der Waals surface area contributed by atoms with Gasteiger partial charge in [0.1, 0.15) is 5.82 Å². The number of benzene rings is 1. The number of esters is 1. The lowest BCUT2D eigenvalue weighted by Crippen LogP contribution is -2.38. The number of hydrogen-bond acceptors (Lipinski definition) is 4. The van der Waals surface area contributed by atoms with E-state index in [9.17, 15) is 14.0 Å².